The van der Waals surface area contributed by atoms with Crippen LogP contribution in [0.2, 0.25) is 0 Å². The second-order valence-electron chi connectivity index (χ2n) is 6.31. The van der Waals surface area contributed by atoms with Gasteiger partial charge < -0.3 is 0 Å². The lowest BCUT2D eigenvalue weighted by atomic mass is 10.1. The third-order valence-corrected chi connectivity index (χ3v) is 4.54. The minimum absolute atomic E-state index is 0.286. The molecule has 156 valence electrons. The molecule has 2 aliphatic rings. The molecule has 0 fully saturated rings. The van der Waals surface area contributed by atoms with Gasteiger partial charge >= 0.3 is 0 Å². The lowest BCUT2D eigenvalue weighted by Crippen LogP contribution is -2.43. The number of fused-ring (bicyclic) bond motifs is 2. The van der Waals surface area contributed by atoms with Gasteiger partial charge in [-0.25, -0.2) is 0 Å². The molecule has 0 aromatic heterocycles. The first-order valence-corrected chi connectivity index (χ1v) is 9.50. The molecule has 0 radical (unpaired) electrons. The van der Waals surface area contributed by atoms with Crippen LogP contribution in [0.4, 0.5) is 0 Å². The van der Waals surface area contributed by atoms with E-state index in [1.54, 1.807) is 48.5 Å². The fourth-order valence-electron chi connectivity index (χ4n) is 2.88. The third-order valence-electron chi connectivity index (χ3n) is 4.54. The van der Waals surface area contributed by atoms with Gasteiger partial charge in [0.05, 0.1) is 22.3 Å². The molecule has 0 atom stereocenters. The molecule has 6 nitrogen and oxygen atoms in total. The molecule has 2 aromatic rings. The van der Waals surface area contributed by atoms with Crippen LogP contribution in [0.3, 0.4) is 0 Å². The summed E-state index contributed by atoms with van der Waals surface area (Å²) in [5, 5.41) is 0. The second kappa shape index (κ2) is 10.6. The minimum Gasteiger partial charge on any atom is -0.269 e. The van der Waals surface area contributed by atoms with Crippen LogP contribution in [0.15, 0.2) is 48.5 Å². The van der Waals surface area contributed by atoms with Crippen LogP contribution in [0.5, 0.6) is 0 Å². The number of carbonyl (C=O) groups is 4. The van der Waals surface area contributed by atoms with Gasteiger partial charge in [0.2, 0.25) is 0 Å². The number of amides is 4. The van der Waals surface area contributed by atoms with Crippen molar-refractivity contribution in [3.8, 4) is 23.7 Å². The Hall–Kier alpha value is -4.16. The fraction of sp³-hybridized carbons (Fsp3) is 0.200. The van der Waals surface area contributed by atoms with E-state index in [-0.39, 0.29) is 28.9 Å². The standard InChI is InChI=1S/C17H10N2O4.2C4H6/c20-14-10-5-1-2-6-11(10)15(21)18(14)9-19-16(22)12-7-3-4-8-13(12)17(19)23;2*1-3-4-2/h1-8H,9H2;2*1-2H3. The normalized spacial score (nSPS) is 12.9. The number of carbonyl (C=O) groups excluding carboxylic acids is 4. The van der Waals surface area contributed by atoms with E-state index in [0.717, 1.165) is 9.80 Å². The van der Waals surface area contributed by atoms with E-state index in [4.69, 9.17) is 0 Å². The molecule has 31 heavy (non-hydrogen) atoms. The molecule has 4 amide bonds. The predicted octanol–water partition coefficient (Wildman–Crippen LogP) is 3.60. The van der Waals surface area contributed by atoms with Crippen molar-refractivity contribution in [1.82, 2.24) is 9.80 Å². The Kier molecular flexibility index (Phi) is 7.88. The van der Waals surface area contributed by atoms with Crippen molar-refractivity contribution in [1.29, 1.82) is 0 Å². The van der Waals surface area contributed by atoms with Crippen LogP contribution in [0.25, 0.3) is 0 Å². The summed E-state index contributed by atoms with van der Waals surface area (Å²) < 4.78 is 0. The molecule has 2 heterocycles. The average molecular weight is 414 g/mol. The van der Waals surface area contributed by atoms with Crippen molar-refractivity contribution in [2.24, 2.45) is 0 Å². The van der Waals surface area contributed by atoms with Gasteiger partial charge in [0.15, 0.2) is 0 Å². The first-order valence-electron chi connectivity index (χ1n) is 9.50. The molecule has 0 N–H and O–H groups in total. The first-order chi connectivity index (χ1) is 14.9. The number of hydrogen-bond donors (Lipinski definition) is 0. The SMILES string of the molecule is CC#CC.CC#CC.O=C1c2ccccc2C(=O)N1CN1C(=O)c2ccccc2C1=O. The zero-order valence-electron chi connectivity index (χ0n) is 17.9. The number of rotatable bonds is 2. The van der Waals surface area contributed by atoms with E-state index in [0.29, 0.717) is 0 Å². The lowest BCUT2D eigenvalue weighted by molar-refractivity contribution is 0.0471. The van der Waals surface area contributed by atoms with Crippen molar-refractivity contribution in [3.63, 3.8) is 0 Å². The van der Waals surface area contributed by atoms with E-state index < -0.39 is 23.6 Å². The molecular weight excluding hydrogens is 392 g/mol. The maximum Gasteiger partial charge on any atom is 0.263 e. The van der Waals surface area contributed by atoms with E-state index >= 15 is 0 Å². The Morgan fingerprint density at radius 2 is 0.742 bits per heavy atom. The van der Waals surface area contributed by atoms with Gasteiger partial charge in [-0.05, 0) is 52.0 Å². The van der Waals surface area contributed by atoms with Gasteiger partial charge in [-0.2, -0.15) is 0 Å². The molecule has 0 unspecified atom stereocenters. The van der Waals surface area contributed by atoms with Crippen LogP contribution in [0, 0.1) is 23.7 Å². The number of hydrogen-bond acceptors (Lipinski definition) is 4. The highest BCUT2D eigenvalue weighted by molar-refractivity contribution is 6.24. The van der Waals surface area contributed by atoms with Crippen molar-refractivity contribution in [3.05, 3.63) is 70.8 Å². The highest BCUT2D eigenvalue weighted by Gasteiger charge is 2.41. The van der Waals surface area contributed by atoms with Crippen molar-refractivity contribution in [2.45, 2.75) is 27.7 Å². The molecule has 4 rings (SSSR count). The van der Waals surface area contributed by atoms with E-state index in [2.05, 4.69) is 23.7 Å². The first kappa shape index (κ1) is 23.1. The maximum absolute atomic E-state index is 12.3. The van der Waals surface area contributed by atoms with Crippen LogP contribution in [0.1, 0.15) is 69.1 Å². The molecule has 2 aliphatic heterocycles. The molecule has 0 saturated carbocycles. The predicted molar refractivity (Wildman–Crippen MR) is 117 cm³/mol. The zero-order valence-corrected chi connectivity index (χ0v) is 17.9. The van der Waals surface area contributed by atoms with E-state index in [1.807, 2.05) is 27.7 Å². The fourth-order valence-corrected chi connectivity index (χ4v) is 2.88. The Morgan fingerprint density at radius 3 is 0.935 bits per heavy atom. The van der Waals surface area contributed by atoms with E-state index in [1.165, 1.54) is 0 Å². The number of benzene rings is 2. The van der Waals surface area contributed by atoms with Crippen molar-refractivity contribution >= 4 is 23.6 Å². The number of imide groups is 2. The monoisotopic (exact) mass is 414 g/mol. The van der Waals surface area contributed by atoms with Crippen molar-refractivity contribution in [2.75, 3.05) is 6.67 Å². The van der Waals surface area contributed by atoms with Crippen LogP contribution in [-0.2, 0) is 0 Å². The molecule has 6 heteroatoms. The lowest BCUT2D eigenvalue weighted by Gasteiger charge is -2.20. The summed E-state index contributed by atoms with van der Waals surface area (Å²) in [4.78, 5) is 51.2. The largest absolute Gasteiger partial charge is 0.269 e. The summed E-state index contributed by atoms with van der Waals surface area (Å²) in [6.07, 6.45) is 0. The van der Waals surface area contributed by atoms with Gasteiger partial charge in [-0.1, -0.05) is 24.3 Å². The summed E-state index contributed by atoms with van der Waals surface area (Å²) in [6, 6.07) is 12.9. The summed E-state index contributed by atoms with van der Waals surface area (Å²) in [5.74, 6) is 8.73. The minimum atomic E-state index is -0.498. The highest BCUT2D eigenvalue weighted by Crippen LogP contribution is 2.26. The number of nitrogens with zero attached hydrogens (tertiary/aromatic N) is 2. The summed E-state index contributed by atoms with van der Waals surface area (Å²) in [6.45, 7) is 6.90. The van der Waals surface area contributed by atoms with Gasteiger partial charge in [-0.3, -0.25) is 29.0 Å². The zero-order chi connectivity index (χ0) is 23.0. The van der Waals surface area contributed by atoms with Gasteiger partial charge in [0.25, 0.3) is 23.6 Å². The Labute approximate surface area is 181 Å². The van der Waals surface area contributed by atoms with Gasteiger partial charge in [0, 0.05) is 0 Å². The second-order valence-corrected chi connectivity index (χ2v) is 6.31. The topological polar surface area (TPSA) is 74.8 Å². The summed E-state index contributed by atoms with van der Waals surface area (Å²) in [7, 11) is 0. The molecule has 0 aliphatic carbocycles. The van der Waals surface area contributed by atoms with Gasteiger partial charge in [-0.15, -0.1) is 23.7 Å². The Balaban J connectivity index is 0.000000370. The molecule has 0 spiro atoms. The highest BCUT2D eigenvalue weighted by atomic mass is 16.2. The van der Waals surface area contributed by atoms with Crippen LogP contribution < -0.4 is 0 Å². The van der Waals surface area contributed by atoms with Gasteiger partial charge in [0.1, 0.15) is 6.67 Å². The van der Waals surface area contributed by atoms with Crippen molar-refractivity contribution < 1.29 is 19.2 Å². The average Bonchev–Trinajstić information content (AvgIpc) is 3.20. The Bertz CT molecular complexity index is 986. The summed E-state index contributed by atoms with van der Waals surface area (Å²) >= 11 is 0. The summed E-state index contributed by atoms with van der Waals surface area (Å²) in [5.41, 5.74) is 1.14. The molecular formula is C25H22N2O4. The van der Waals surface area contributed by atoms with Crippen LogP contribution >= 0.6 is 0 Å². The van der Waals surface area contributed by atoms with E-state index in [9.17, 15) is 19.2 Å². The smallest absolute Gasteiger partial charge is 0.263 e. The maximum atomic E-state index is 12.3. The molecule has 0 saturated heterocycles. The van der Waals surface area contributed by atoms with Crippen LogP contribution in [-0.4, -0.2) is 40.1 Å². The molecule has 0 bridgehead atoms. The Morgan fingerprint density at radius 1 is 0.516 bits per heavy atom. The molecule has 2 aromatic carbocycles. The third kappa shape index (κ3) is 4.71. The quantitative estimate of drug-likeness (QED) is 0.556.